The van der Waals surface area contributed by atoms with Crippen molar-refractivity contribution in [1.82, 2.24) is 10.0 Å². The van der Waals surface area contributed by atoms with Gasteiger partial charge in [0.1, 0.15) is 17.0 Å². The standard InChI is InChI=1S/C21H24F4N6O4S/c22-12-10-15(17(24)18(25)16(12)23)36(34,35)31-13(7-4-8-29-21(27)28)20(33)30-14(19(26)32)9-11-5-2-1-3-6-11/h1-3,5-6,10,13-14,31H,4,7-9H2,(H2,26,32)(H,30,33)(H4,27,28,29)/t13?,14-/m0/s1. The highest BCUT2D eigenvalue weighted by Gasteiger charge is 2.32. The smallest absolute Gasteiger partial charge is 0.244 e. The Bertz CT molecular complexity index is 1240. The van der Waals surface area contributed by atoms with Gasteiger partial charge in [0.05, 0.1) is 0 Å². The van der Waals surface area contributed by atoms with Crippen molar-refractivity contribution in [2.75, 3.05) is 6.54 Å². The zero-order valence-corrected chi connectivity index (χ0v) is 19.5. The number of carbonyl (C=O) groups is 2. The molecule has 15 heteroatoms. The highest BCUT2D eigenvalue weighted by Crippen LogP contribution is 2.23. The van der Waals surface area contributed by atoms with E-state index in [4.69, 9.17) is 17.2 Å². The number of primary amides is 1. The Kier molecular flexibility index (Phi) is 9.75. The quantitative estimate of drug-likeness (QED) is 0.0648. The van der Waals surface area contributed by atoms with E-state index in [9.17, 15) is 35.6 Å². The van der Waals surface area contributed by atoms with Gasteiger partial charge in [-0.1, -0.05) is 30.3 Å². The molecule has 2 aromatic rings. The molecule has 36 heavy (non-hydrogen) atoms. The molecule has 0 aliphatic rings. The molecule has 0 bridgehead atoms. The van der Waals surface area contributed by atoms with E-state index in [-0.39, 0.29) is 37.8 Å². The highest BCUT2D eigenvalue weighted by molar-refractivity contribution is 7.89. The minimum absolute atomic E-state index is 0.0209. The number of hydrogen-bond donors (Lipinski definition) is 5. The molecule has 0 heterocycles. The molecule has 0 saturated carbocycles. The summed E-state index contributed by atoms with van der Waals surface area (Å²) in [6.07, 6.45) is -0.294. The Hall–Kier alpha value is -3.72. The van der Waals surface area contributed by atoms with Crippen LogP contribution in [0.4, 0.5) is 17.6 Å². The Morgan fingerprint density at radius 2 is 1.58 bits per heavy atom. The predicted molar refractivity (Wildman–Crippen MR) is 122 cm³/mol. The molecule has 10 nitrogen and oxygen atoms in total. The molecule has 0 aliphatic carbocycles. The molecule has 2 atom stereocenters. The van der Waals surface area contributed by atoms with E-state index in [1.54, 1.807) is 30.3 Å². The van der Waals surface area contributed by atoms with Crippen LogP contribution in [-0.4, -0.2) is 44.8 Å². The number of aliphatic imine (C=N–C) groups is 1. The van der Waals surface area contributed by atoms with Crippen molar-refractivity contribution < 1.29 is 35.6 Å². The van der Waals surface area contributed by atoms with Crippen LogP contribution < -0.4 is 27.2 Å². The molecule has 196 valence electrons. The summed E-state index contributed by atoms with van der Waals surface area (Å²) in [6.45, 7) is -0.0364. The maximum Gasteiger partial charge on any atom is 0.244 e. The van der Waals surface area contributed by atoms with Gasteiger partial charge >= 0.3 is 0 Å². The van der Waals surface area contributed by atoms with Crippen molar-refractivity contribution in [1.29, 1.82) is 0 Å². The van der Waals surface area contributed by atoms with E-state index in [1.165, 1.54) is 0 Å². The molecule has 2 aromatic carbocycles. The number of amides is 2. The summed E-state index contributed by atoms with van der Waals surface area (Å²) >= 11 is 0. The fraction of sp³-hybridized carbons (Fsp3) is 0.286. The number of rotatable bonds is 12. The van der Waals surface area contributed by atoms with Gasteiger partial charge in [0.15, 0.2) is 29.2 Å². The molecule has 0 radical (unpaired) electrons. The van der Waals surface area contributed by atoms with Gasteiger partial charge in [-0.2, -0.15) is 4.72 Å². The van der Waals surface area contributed by atoms with Crippen LogP contribution in [0.2, 0.25) is 0 Å². The lowest BCUT2D eigenvalue weighted by molar-refractivity contribution is -0.128. The van der Waals surface area contributed by atoms with Gasteiger partial charge in [-0.05, 0) is 18.4 Å². The van der Waals surface area contributed by atoms with Gasteiger partial charge in [0.2, 0.25) is 21.8 Å². The highest BCUT2D eigenvalue weighted by atomic mass is 32.2. The molecule has 8 N–H and O–H groups in total. The number of halogens is 4. The molecule has 0 saturated heterocycles. The van der Waals surface area contributed by atoms with Crippen molar-refractivity contribution in [3.8, 4) is 0 Å². The number of sulfonamides is 1. The second-order valence-electron chi connectivity index (χ2n) is 7.57. The molecule has 2 rings (SSSR count). The van der Waals surface area contributed by atoms with E-state index in [0.29, 0.717) is 5.56 Å². The fourth-order valence-electron chi connectivity index (χ4n) is 3.09. The van der Waals surface area contributed by atoms with Gasteiger partial charge in [0, 0.05) is 19.0 Å². The maximum atomic E-state index is 14.1. The summed E-state index contributed by atoms with van der Waals surface area (Å²) in [5.41, 5.74) is 16.4. The van der Waals surface area contributed by atoms with Crippen LogP contribution in [0.15, 0.2) is 46.3 Å². The predicted octanol–water partition coefficient (Wildman–Crippen LogP) is 0.156. The van der Waals surface area contributed by atoms with Crippen LogP contribution in [0.25, 0.3) is 0 Å². The zero-order chi connectivity index (χ0) is 27.0. The normalized spacial score (nSPS) is 13.0. The van der Waals surface area contributed by atoms with Crippen LogP contribution in [0.1, 0.15) is 18.4 Å². The van der Waals surface area contributed by atoms with Crippen molar-refractivity contribution in [2.45, 2.75) is 36.2 Å². The third-order valence-corrected chi connectivity index (χ3v) is 6.33. The van der Waals surface area contributed by atoms with Crippen molar-refractivity contribution in [3.63, 3.8) is 0 Å². The fourth-order valence-corrected chi connectivity index (χ4v) is 4.40. The molecule has 2 amide bonds. The lowest BCUT2D eigenvalue weighted by Crippen LogP contribution is -2.53. The summed E-state index contributed by atoms with van der Waals surface area (Å²) < 4.78 is 81.8. The van der Waals surface area contributed by atoms with Gasteiger partial charge in [-0.25, -0.2) is 26.0 Å². The van der Waals surface area contributed by atoms with E-state index in [1.807, 2.05) is 4.72 Å². The first-order valence-corrected chi connectivity index (χ1v) is 11.9. The van der Waals surface area contributed by atoms with Crippen molar-refractivity contribution in [2.24, 2.45) is 22.2 Å². The number of nitrogens with zero attached hydrogens (tertiary/aromatic N) is 1. The van der Waals surface area contributed by atoms with Crippen molar-refractivity contribution >= 4 is 27.8 Å². The lowest BCUT2D eigenvalue weighted by Gasteiger charge is -2.22. The second kappa shape index (κ2) is 12.3. The van der Waals surface area contributed by atoms with Crippen molar-refractivity contribution in [3.05, 3.63) is 65.2 Å². The average Bonchev–Trinajstić information content (AvgIpc) is 2.81. The number of guanidine groups is 1. The topological polar surface area (TPSA) is 183 Å². The van der Waals surface area contributed by atoms with Crippen LogP contribution in [0, 0.1) is 23.3 Å². The summed E-state index contributed by atoms with van der Waals surface area (Å²) in [4.78, 5) is 27.0. The van der Waals surface area contributed by atoms with Gasteiger partial charge in [-0.15, -0.1) is 0 Å². The minimum Gasteiger partial charge on any atom is -0.370 e. The average molecular weight is 533 g/mol. The Labute approximate surface area is 204 Å². The molecular formula is C21H24F4N6O4S. The lowest BCUT2D eigenvalue weighted by atomic mass is 10.0. The monoisotopic (exact) mass is 532 g/mol. The van der Waals surface area contributed by atoms with Gasteiger partial charge < -0.3 is 22.5 Å². The van der Waals surface area contributed by atoms with Crippen LogP contribution in [0.3, 0.4) is 0 Å². The number of nitrogens with one attached hydrogen (secondary N) is 2. The number of carbonyl (C=O) groups excluding carboxylic acids is 2. The van der Waals surface area contributed by atoms with Crippen LogP contribution >= 0.6 is 0 Å². The van der Waals surface area contributed by atoms with Crippen LogP contribution in [-0.2, 0) is 26.0 Å². The Morgan fingerprint density at radius 3 is 2.17 bits per heavy atom. The first-order valence-electron chi connectivity index (χ1n) is 10.4. The second-order valence-corrected chi connectivity index (χ2v) is 9.26. The largest absolute Gasteiger partial charge is 0.370 e. The number of benzene rings is 2. The van der Waals surface area contributed by atoms with E-state index in [2.05, 4.69) is 10.3 Å². The molecule has 1 unspecified atom stereocenters. The maximum absolute atomic E-state index is 14.1. The van der Waals surface area contributed by atoms with Gasteiger partial charge in [-0.3, -0.25) is 14.6 Å². The first kappa shape index (κ1) is 28.5. The Morgan fingerprint density at radius 1 is 0.944 bits per heavy atom. The van der Waals surface area contributed by atoms with E-state index < -0.39 is 62.1 Å². The summed E-state index contributed by atoms with van der Waals surface area (Å²) in [5.74, 6) is -10.9. The number of nitrogens with two attached hydrogens (primary N) is 3. The van der Waals surface area contributed by atoms with E-state index in [0.717, 1.165) is 0 Å². The molecule has 0 aromatic heterocycles. The summed E-state index contributed by atoms with van der Waals surface area (Å²) in [6, 6.07) is 5.42. The first-order chi connectivity index (χ1) is 16.8. The summed E-state index contributed by atoms with van der Waals surface area (Å²) in [7, 11) is -5.10. The minimum atomic E-state index is -5.10. The Balaban J connectivity index is 2.32. The zero-order valence-electron chi connectivity index (χ0n) is 18.7. The molecule has 0 fully saturated rings. The molecule has 0 spiro atoms. The summed E-state index contributed by atoms with van der Waals surface area (Å²) in [5, 5.41) is 2.31. The number of hydrogen-bond acceptors (Lipinski definition) is 5. The van der Waals surface area contributed by atoms with Gasteiger partial charge in [0.25, 0.3) is 0 Å². The molecular weight excluding hydrogens is 508 g/mol. The molecule has 0 aliphatic heterocycles. The third-order valence-electron chi connectivity index (χ3n) is 4.86. The third kappa shape index (κ3) is 7.64. The van der Waals surface area contributed by atoms with Crippen LogP contribution in [0.5, 0.6) is 0 Å². The SMILES string of the molecule is NC(=O)[C@H](Cc1ccccc1)NC(=O)C(CCCN=C(N)N)NS(=O)(=O)c1cc(F)c(F)c(F)c1F. The van der Waals surface area contributed by atoms with E-state index >= 15 is 0 Å².